The molecule has 0 fully saturated rings. The highest BCUT2D eigenvalue weighted by Gasteiger charge is 2.33. The van der Waals surface area contributed by atoms with Gasteiger partial charge in [0.2, 0.25) is 0 Å². The minimum atomic E-state index is -0.531. The molecule has 1 aliphatic rings. The minimum Gasteiger partial charge on any atom is -0.507 e. The van der Waals surface area contributed by atoms with Gasteiger partial charge in [-0.3, -0.25) is 9.59 Å². The highest BCUT2D eigenvalue weighted by molar-refractivity contribution is 6.38. The van der Waals surface area contributed by atoms with Crippen molar-refractivity contribution < 1.29 is 14.7 Å². The molecule has 3 aromatic carbocycles. The molecule has 122 valence electrons. The van der Waals surface area contributed by atoms with Gasteiger partial charge < -0.3 is 5.11 Å². The van der Waals surface area contributed by atoms with Gasteiger partial charge in [0.05, 0.1) is 17.3 Å². The second-order valence-corrected chi connectivity index (χ2v) is 5.96. The monoisotopic (exact) mass is 350 g/mol. The Bertz CT molecular complexity index is 1050. The molecule has 0 aliphatic carbocycles. The number of nitrogens with zero attached hydrogens (tertiary/aromatic N) is 2. The summed E-state index contributed by atoms with van der Waals surface area (Å²) in [7, 11) is 0. The Balaban J connectivity index is 1.83. The molecule has 0 atom stereocenters. The van der Waals surface area contributed by atoms with Crippen molar-refractivity contribution in [1.82, 2.24) is 5.01 Å². The van der Waals surface area contributed by atoms with Crippen molar-refractivity contribution in [2.24, 2.45) is 5.10 Å². The number of amides is 2. The number of benzene rings is 3. The molecular formula is C19H11ClN2O3. The molecule has 4 rings (SSSR count). The number of hydrogen-bond acceptors (Lipinski definition) is 4. The topological polar surface area (TPSA) is 70.0 Å². The van der Waals surface area contributed by atoms with Crippen molar-refractivity contribution in [3.8, 4) is 5.75 Å². The predicted molar refractivity (Wildman–Crippen MR) is 95.2 cm³/mol. The lowest BCUT2D eigenvalue weighted by molar-refractivity contribution is 0.0616. The van der Waals surface area contributed by atoms with E-state index >= 15 is 0 Å². The number of carbonyl (C=O) groups is 2. The average Bonchev–Trinajstić information content (AvgIpc) is 2.62. The van der Waals surface area contributed by atoms with Crippen LogP contribution in [0.5, 0.6) is 5.75 Å². The van der Waals surface area contributed by atoms with Crippen LogP contribution >= 0.6 is 11.6 Å². The standard InChI is InChI=1S/C19H11ClN2O3/c20-15-9-8-14-17-12(15)5-3-6-13(17)18(24)22(19(14)25)21-10-11-4-1-2-7-16(11)23/h1-10,23H/b21-10+. The first-order valence-electron chi connectivity index (χ1n) is 7.50. The number of carbonyl (C=O) groups excluding carboxylic acids is 2. The minimum absolute atomic E-state index is 0.0115. The van der Waals surface area contributed by atoms with E-state index in [1.165, 1.54) is 12.3 Å². The SMILES string of the molecule is O=C1c2cccc3c(Cl)ccc(c23)C(=O)N1/N=C/c1ccccc1O. The van der Waals surface area contributed by atoms with Crippen molar-refractivity contribution in [3.05, 3.63) is 76.3 Å². The predicted octanol–water partition coefficient (Wildman–Crippen LogP) is 3.83. The molecule has 5 nitrogen and oxygen atoms in total. The molecule has 1 aliphatic heterocycles. The molecule has 0 bridgehead atoms. The third kappa shape index (κ3) is 2.37. The fourth-order valence-electron chi connectivity index (χ4n) is 2.87. The maximum atomic E-state index is 12.7. The molecule has 0 saturated carbocycles. The van der Waals surface area contributed by atoms with E-state index in [0.717, 1.165) is 5.01 Å². The maximum absolute atomic E-state index is 12.7. The van der Waals surface area contributed by atoms with E-state index in [0.29, 0.717) is 32.5 Å². The van der Waals surface area contributed by atoms with Gasteiger partial charge in [0.1, 0.15) is 5.75 Å². The number of hydrogen-bond donors (Lipinski definition) is 1. The Hall–Kier alpha value is -3.18. The number of halogens is 1. The van der Waals surface area contributed by atoms with E-state index in [9.17, 15) is 14.7 Å². The summed E-state index contributed by atoms with van der Waals surface area (Å²) >= 11 is 6.18. The second kappa shape index (κ2) is 5.72. The zero-order valence-electron chi connectivity index (χ0n) is 12.8. The van der Waals surface area contributed by atoms with Crippen LogP contribution in [0.3, 0.4) is 0 Å². The largest absolute Gasteiger partial charge is 0.507 e. The summed E-state index contributed by atoms with van der Waals surface area (Å²) < 4.78 is 0. The van der Waals surface area contributed by atoms with Crippen molar-refractivity contribution in [1.29, 1.82) is 0 Å². The molecule has 6 heteroatoms. The lowest BCUT2D eigenvalue weighted by Crippen LogP contribution is -2.36. The third-order valence-corrected chi connectivity index (χ3v) is 4.41. The molecular weight excluding hydrogens is 340 g/mol. The molecule has 2 amide bonds. The summed E-state index contributed by atoms with van der Waals surface area (Å²) in [6, 6.07) is 14.9. The van der Waals surface area contributed by atoms with Crippen molar-refractivity contribution >= 4 is 40.4 Å². The van der Waals surface area contributed by atoms with Gasteiger partial charge in [0.15, 0.2) is 0 Å². The van der Waals surface area contributed by atoms with Crippen molar-refractivity contribution in [2.75, 3.05) is 0 Å². The second-order valence-electron chi connectivity index (χ2n) is 5.55. The molecule has 1 N–H and O–H groups in total. The van der Waals surface area contributed by atoms with Crippen LogP contribution in [-0.2, 0) is 0 Å². The normalized spacial score (nSPS) is 13.9. The van der Waals surface area contributed by atoms with Gasteiger partial charge in [-0.25, -0.2) is 0 Å². The number of rotatable bonds is 2. The van der Waals surface area contributed by atoms with Crippen LogP contribution in [0.25, 0.3) is 10.8 Å². The van der Waals surface area contributed by atoms with Crippen LogP contribution < -0.4 is 0 Å². The number of imide groups is 1. The molecule has 0 spiro atoms. The summed E-state index contributed by atoms with van der Waals surface area (Å²) in [6.07, 6.45) is 1.28. The van der Waals surface area contributed by atoms with Crippen LogP contribution in [0, 0.1) is 0 Å². The highest BCUT2D eigenvalue weighted by atomic mass is 35.5. The Kier molecular flexibility index (Phi) is 3.51. The number of para-hydroxylation sites is 1. The molecule has 0 saturated heterocycles. The zero-order chi connectivity index (χ0) is 17.6. The summed E-state index contributed by atoms with van der Waals surface area (Å²) in [5, 5.41) is 16.3. The lowest BCUT2D eigenvalue weighted by Gasteiger charge is -2.23. The average molecular weight is 351 g/mol. The fourth-order valence-corrected chi connectivity index (χ4v) is 3.09. The Morgan fingerprint density at radius 1 is 0.920 bits per heavy atom. The zero-order valence-corrected chi connectivity index (χ0v) is 13.6. The van der Waals surface area contributed by atoms with Crippen molar-refractivity contribution in [3.63, 3.8) is 0 Å². The lowest BCUT2D eigenvalue weighted by atomic mass is 9.95. The maximum Gasteiger partial charge on any atom is 0.282 e. The number of hydrazone groups is 1. The van der Waals surface area contributed by atoms with Crippen LogP contribution in [0.15, 0.2) is 59.7 Å². The van der Waals surface area contributed by atoms with Crippen LogP contribution in [0.2, 0.25) is 5.02 Å². The quantitative estimate of drug-likeness (QED) is 0.564. The van der Waals surface area contributed by atoms with Gasteiger partial charge in [-0.05, 0) is 30.3 Å². The number of phenols is 1. The van der Waals surface area contributed by atoms with Gasteiger partial charge >= 0.3 is 0 Å². The van der Waals surface area contributed by atoms with Crippen LogP contribution in [0.1, 0.15) is 26.3 Å². The first-order chi connectivity index (χ1) is 12.1. The van der Waals surface area contributed by atoms with Gasteiger partial charge in [-0.1, -0.05) is 35.9 Å². The van der Waals surface area contributed by atoms with Gasteiger partial charge in [0.25, 0.3) is 11.8 Å². The summed E-state index contributed by atoms with van der Waals surface area (Å²) in [6.45, 7) is 0. The van der Waals surface area contributed by atoms with Crippen LogP contribution in [0.4, 0.5) is 0 Å². The highest BCUT2D eigenvalue weighted by Crippen LogP contribution is 2.34. The van der Waals surface area contributed by atoms with E-state index in [1.54, 1.807) is 48.5 Å². The van der Waals surface area contributed by atoms with E-state index in [1.807, 2.05) is 0 Å². The Labute approximate surface area is 147 Å². The molecule has 0 unspecified atom stereocenters. The van der Waals surface area contributed by atoms with Gasteiger partial charge in [0, 0.05) is 21.4 Å². The summed E-state index contributed by atoms with van der Waals surface area (Å²) in [4.78, 5) is 25.4. The van der Waals surface area contributed by atoms with E-state index in [2.05, 4.69) is 5.10 Å². The summed E-state index contributed by atoms with van der Waals surface area (Å²) in [5.41, 5.74) is 1.14. The van der Waals surface area contributed by atoms with Gasteiger partial charge in [-0.15, -0.1) is 0 Å². The van der Waals surface area contributed by atoms with E-state index in [-0.39, 0.29) is 5.75 Å². The molecule has 3 aromatic rings. The van der Waals surface area contributed by atoms with Crippen LogP contribution in [-0.4, -0.2) is 28.1 Å². The smallest absolute Gasteiger partial charge is 0.282 e. The molecule has 0 radical (unpaired) electrons. The first kappa shape index (κ1) is 15.4. The third-order valence-electron chi connectivity index (χ3n) is 4.08. The number of phenolic OH excluding ortho intramolecular Hbond substituents is 1. The Morgan fingerprint density at radius 2 is 1.64 bits per heavy atom. The van der Waals surface area contributed by atoms with Crippen molar-refractivity contribution in [2.45, 2.75) is 0 Å². The van der Waals surface area contributed by atoms with Gasteiger partial charge in [-0.2, -0.15) is 10.1 Å². The molecule has 0 aromatic heterocycles. The first-order valence-corrected chi connectivity index (χ1v) is 7.87. The fraction of sp³-hybridized carbons (Fsp3) is 0. The number of aromatic hydroxyl groups is 1. The van der Waals surface area contributed by atoms with E-state index in [4.69, 9.17) is 11.6 Å². The summed E-state index contributed by atoms with van der Waals surface area (Å²) in [5.74, 6) is -1.05. The van der Waals surface area contributed by atoms with E-state index < -0.39 is 11.8 Å². The molecule has 25 heavy (non-hydrogen) atoms. The Morgan fingerprint density at radius 3 is 2.40 bits per heavy atom. The molecule has 1 heterocycles.